The van der Waals surface area contributed by atoms with Gasteiger partial charge in [-0.1, -0.05) is 60.7 Å². The first-order valence-electron chi connectivity index (χ1n) is 4.80. The second-order valence-electron chi connectivity index (χ2n) is 3.18. The van der Waals surface area contributed by atoms with Gasteiger partial charge in [0.2, 0.25) is 0 Å². The van der Waals surface area contributed by atoms with Crippen molar-refractivity contribution in [1.29, 1.82) is 0 Å². The maximum Gasteiger partial charge on any atom is 3.00 e. The van der Waals surface area contributed by atoms with Crippen molar-refractivity contribution in [3.8, 4) is 11.1 Å². The van der Waals surface area contributed by atoms with E-state index in [1.54, 1.807) is 0 Å². The monoisotopic (exact) mass is 301 g/mol. The summed E-state index contributed by atoms with van der Waals surface area (Å²) in [4.78, 5) is 25.6. The SMILES string of the molecule is O=P([O-])([O-])[O-].[Cr+3].c1ccc(-c2ccccc2)cc1. The summed E-state index contributed by atoms with van der Waals surface area (Å²) in [6.45, 7) is 0. The van der Waals surface area contributed by atoms with Gasteiger partial charge in [0, 0.05) is 0 Å². The molecule has 0 aliphatic carbocycles. The topological polar surface area (TPSA) is 86.2 Å². The Kier molecular flexibility index (Phi) is 7.81. The van der Waals surface area contributed by atoms with Crippen LogP contribution in [0.25, 0.3) is 11.1 Å². The van der Waals surface area contributed by atoms with Gasteiger partial charge in [-0.05, 0) is 11.1 Å². The largest absolute Gasteiger partial charge is 3.00 e. The van der Waals surface area contributed by atoms with Crippen LogP contribution in [0.4, 0.5) is 0 Å². The van der Waals surface area contributed by atoms with E-state index >= 15 is 0 Å². The molecule has 6 heteroatoms. The van der Waals surface area contributed by atoms with Crippen molar-refractivity contribution >= 4 is 7.82 Å². The first kappa shape index (κ1) is 17.1. The summed E-state index contributed by atoms with van der Waals surface area (Å²) in [6.07, 6.45) is 0. The number of hydrogen-bond acceptors (Lipinski definition) is 4. The molecule has 0 atom stereocenters. The summed E-state index contributed by atoms with van der Waals surface area (Å²) >= 11 is 0. The molecule has 0 saturated carbocycles. The molecular weight excluding hydrogens is 291 g/mol. The van der Waals surface area contributed by atoms with Crippen LogP contribution in [-0.2, 0) is 21.9 Å². The van der Waals surface area contributed by atoms with E-state index in [4.69, 9.17) is 19.2 Å². The number of benzene rings is 2. The molecule has 2 rings (SSSR count). The predicted octanol–water partition coefficient (Wildman–Crippen LogP) is 0.526. The normalized spacial score (nSPS) is 9.72. The van der Waals surface area contributed by atoms with Gasteiger partial charge in [0.05, 0.1) is 0 Å². The van der Waals surface area contributed by atoms with Crippen LogP contribution in [0.3, 0.4) is 0 Å². The van der Waals surface area contributed by atoms with Gasteiger partial charge >= 0.3 is 17.4 Å². The molecule has 0 amide bonds. The minimum absolute atomic E-state index is 0. The zero-order valence-corrected chi connectivity index (χ0v) is 11.4. The molecule has 0 spiro atoms. The molecular formula is C12H10CrO4P. The second-order valence-corrected chi connectivity index (χ2v) is 4.07. The Labute approximate surface area is 116 Å². The summed E-state index contributed by atoms with van der Waals surface area (Å²) in [5, 5.41) is 0. The van der Waals surface area contributed by atoms with Gasteiger partial charge in [-0.15, -0.1) is 0 Å². The van der Waals surface area contributed by atoms with Gasteiger partial charge < -0.3 is 19.2 Å². The summed E-state index contributed by atoms with van der Waals surface area (Å²) < 4.78 is 8.55. The van der Waals surface area contributed by atoms with Crippen molar-refractivity contribution in [2.75, 3.05) is 0 Å². The molecule has 0 unspecified atom stereocenters. The van der Waals surface area contributed by atoms with Crippen LogP contribution < -0.4 is 14.7 Å². The fourth-order valence-electron chi connectivity index (χ4n) is 1.26. The average molecular weight is 301 g/mol. The van der Waals surface area contributed by atoms with Gasteiger partial charge in [-0.2, -0.15) is 7.82 Å². The first-order chi connectivity index (χ1) is 7.97. The summed E-state index contributed by atoms with van der Waals surface area (Å²) in [7, 11) is -5.39. The maximum atomic E-state index is 8.55. The van der Waals surface area contributed by atoms with Gasteiger partial charge in [-0.25, -0.2) is 0 Å². The maximum absolute atomic E-state index is 8.55. The molecule has 0 saturated heterocycles. The molecule has 18 heavy (non-hydrogen) atoms. The summed E-state index contributed by atoms with van der Waals surface area (Å²) in [5.74, 6) is 0. The van der Waals surface area contributed by atoms with Crippen LogP contribution in [0.2, 0.25) is 0 Å². The molecule has 93 valence electrons. The molecule has 0 aromatic heterocycles. The zero-order chi connectivity index (χ0) is 12.7. The summed E-state index contributed by atoms with van der Waals surface area (Å²) in [5.41, 5.74) is 2.55. The molecule has 0 N–H and O–H groups in total. The third kappa shape index (κ3) is 8.21. The Bertz CT molecular complexity index is 438. The third-order valence-electron chi connectivity index (χ3n) is 1.88. The smallest absolute Gasteiger partial charge is 0.822 e. The molecule has 2 aromatic carbocycles. The minimum Gasteiger partial charge on any atom is -0.822 e. The van der Waals surface area contributed by atoms with Crippen LogP contribution >= 0.6 is 7.82 Å². The second kappa shape index (κ2) is 8.23. The molecule has 1 radical (unpaired) electrons. The van der Waals surface area contributed by atoms with Crippen LogP contribution in [0.5, 0.6) is 0 Å². The van der Waals surface area contributed by atoms with Crippen molar-refractivity contribution in [3.05, 3.63) is 60.7 Å². The van der Waals surface area contributed by atoms with Crippen LogP contribution in [0, 0.1) is 0 Å². The Morgan fingerprint density at radius 2 is 0.889 bits per heavy atom. The Hall–Kier alpha value is -0.918. The molecule has 0 heterocycles. The standard InChI is InChI=1S/C12H10.Cr.H3O4P/c1-3-7-11(8-4-1)12-9-5-2-6-10-12;;1-5(2,3)4/h1-10H;;(H3,1,2,3,4)/q;+3;/p-3. The van der Waals surface area contributed by atoms with Gasteiger partial charge in [-0.3, -0.25) is 0 Å². The zero-order valence-electron chi connectivity index (χ0n) is 9.26. The Morgan fingerprint density at radius 3 is 1.11 bits per heavy atom. The fourth-order valence-corrected chi connectivity index (χ4v) is 1.26. The van der Waals surface area contributed by atoms with Crippen molar-refractivity contribution in [2.45, 2.75) is 0 Å². The fraction of sp³-hybridized carbons (Fsp3) is 0. The summed E-state index contributed by atoms with van der Waals surface area (Å²) in [6, 6.07) is 20.8. The Balaban J connectivity index is 0.000000421. The van der Waals surface area contributed by atoms with Crippen LogP contribution in [-0.4, -0.2) is 0 Å². The third-order valence-corrected chi connectivity index (χ3v) is 1.88. The van der Waals surface area contributed by atoms with E-state index in [-0.39, 0.29) is 17.4 Å². The number of phosphoric acid groups is 1. The molecule has 0 bridgehead atoms. The van der Waals surface area contributed by atoms with Gasteiger partial charge in [0.25, 0.3) is 0 Å². The van der Waals surface area contributed by atoms with Crippen molar-refractivity contribution in [2.24, 2.45) is 0 Å². The van der Waals surface area contributed by atoms with E-state index in [9.17, 15) is 0 Å². The average Bonchev–Trinajstić information content (AvgIpc) is 2.29. The van der Waals surface area contributed by atoms with E-state index in [1.807, 2.05) is 12.1 Å². The van der Waals surface area contributed by atoms with E-state index < -0.39 is 7.82 Å². The molecule has 2 aromatic rings. The Morgan fingerprint density at radius 1 is 0.667 bits per heavy atom. The van der Waals surface area contributed by atoms with E-state index in [0.717, 1.165) is 0 Å². The van der Waals surface area contributed by atoms with Gasteiger partial charge in [0.1, 0.15) is 0 Å². The van der Waals surface area contributed by atoms with E-state index in [2.05, 4.69) is 48.5 Å². The van der Waals surface area contributed by atoms with E-state index in [1.165, 1.54) is 11.1 Å². The molecule has 0 aliphatic heterocycles. The minimum atomic E-state index is -5.39. The molecule has 0 fully saturated rings. The predicted molar refractivity (Wildman–Crippen MR) is 59.5 cm³/mol. The van der Waals surface area contributed by atoms with Crippen molar-refractivity contribution in [3.63, 3.8) is 0 Å². The molecule has 4 nitrogen and oxygen atoms in total. The number of hydrogen-bond donors (Lipinski definition) is 0. The molecule has 0 aliphatic rings. The van der Waals surface area contributed by atoms with Crippen molar-refractivity contribution in [1.82, 2.24) is 0 Å². The van der Waals surface area contributed by atoms with Crippen molar-refractivity contribution < 1.29 is 36.6 Å². The van der Waals surface area contributed by atoms with Crippen LogP contribution in [0.15, 0.2) is 60.7 Å². The number of rotatable bonds is 1. The van der Waals surface area contributed by atoms with Gasteiger partial charge in [0.15, 0.2) is 0 Å². The van der Waals surface area contributed by atoms with E-state index in [0.29, 0.717) is 0 Å². The van der Waals surface area contributed by atoms with Crippen LogP contribution in [0.1, 0.15) is 0 Å². The first-order valence-corrected chi connectivity index (χ1v) is 6.26. The quantitative estimate of drug-likeness (QED) is 0.719.